The number of hydrogen-bond acceptors (Lipinski definition) is 6. The Morgan fingerprint density at radius 1 is 1.04 bits per heavy atom. The summed E-state index contributed by atoms with van der Waals surface area (Å²) < 4.78 is 20.2. The van der Waals surface area contributed by atoms with E-state index in [0.717, 1.165) is 0 Å². The van der Waals surface area contributed by atoms with Crippen LogP contribution in [0.5, 0.6) is 17.2 Å². The number of rotatable bonds is 7. The predicted octanol–water partition coefficient (Wildman–Crippen LogP) is 1.91. The van der Waals surface area contributed by atoms with E-state index >= 15 is 0 Å². The van der Waals surface area contributed by atoms with Gasteiger partial charge in [-0.25, -0.2) is 4.79 Å². The van der Waals surface area contributed by atoms with Gasteiger partial charge in [0.2, 0.25) is 5.75 Å². The summed E-state index contributed by atoms with van der Waals surface area (Å²) >= 11 is 0. The number of nitrogens with one attached hydrogen (secondary N) is 1. The molecule has 126 valence electrons. The lowest BCUT2D eigenvalue weighted by atomic mass is 10.1. The van der Waals surface area contributed by atoms with Crippen molar-refractivity contribution in [2.75, 3.05) is 28.4 Å². The average Bonchev–Trinajstić information content (AvgIpc) is 2.58. The zero-order valence-electron chi connectivity index (χ0n) is 13.9. The lowest BCUT2D eigenvalue weighted by Crippen LogP contribution is -2.28. The normalized spacial score (nSPS) is 10.7. The molecule has 0 aliphatic rings. The minimum Gasteiger partial charge on any atom is -0.493 e. The highest BCUT2D eigenvalue weighted by Crippen LogP contribution is 2.38. The smallest absolute Gasteiger partial charge is 0.354 e. The Balaban J connectivity index is 3.17. The van der Waals surface area contributed by atoms with Gasteiger partial charge in [-0.15, -0.1) is 0 Å². The SMILES string of the molecule is CC/C=C(\NC(=O)c1cc(OC)c(OC)c(OC)c1)C(=O)OC. The Kier molecular flexibility index (Phi) is 6.92. The second-order valence-electron chi connectivity index (χ2n) is 4.39. The second kappa shape index (κ2) is 8.67. The van der Waals surface area contributed by atoms with Gasteiger partial charge >= 0.3 is 5.97 Å². The molecule has 1 aromatic carbocycles. The summed E-state index contributed by atoms with van der Waals surface area (Å²) in [6, 6.07) is 3.00. The quantitative estimate of drug-likeness (QED) is 0.609. The third-order valence-corrected chi connectivity index (χ3v) is 2.99. The first-order valence-electron chi connectivity index (χ1n) is 6.92. The van der Waals surface area contributed by atoms with Crippen LogP contribution in [0.1, 0.15) is 23.7 Å². The molecule has 0 heterocycles. The molecule has 0 aliphatic heterocycles. The molecule has 1 rings (SSSR count). The van der Waals surface area contributed by atoms with E-state index < -0.39 is 11.9 Å². The van der Waals surface area contributed by atoms with E-state index in [4.69, 9.17) is 14.2 Å². The van der Waals surface area contributed by atoms with Crippen LogP contribution in [0.15, 0.2) is 23.9 Å². The number of ether oxygens (including phenoxy) is 4. The van der Waals surface area contributed by atoms with Crippen LogP contribution in [0.4, 0.5) is 0 Å². The zero-order valence-corrected chi connectivity index (χ0v) is 13.9. The number of allylic oxidation sites excluding steroid dienone is 1. The number of carbonyl (C=O) groups is 2. The van der Waals surface area contributed by atoms with E-state index in [1.807, 2.05) is 6.92 Å². The maximum atomic E-state index is 12.4. The molecule has 0 aromatic heterocycles. The Morgan fingerprint density at radius 3 is 2.00 bits per heavy atom. The molecule has 0 fully saturated rings. The third-order valence-electron chi connectivity index (χ3n) is 2.99. The molecule has 0 aliphatic carbocycles. The molecule has 0 radical (unpaired) electrons. The number of carbonyl (C=O) groups excluding carboxylic acids is 2. The molecule has 7 heteroatoms. The number of amides is 1. The van der Waals surface area contributed by atoms with E-state index in [2.05, 4.69) is 10.1 Å². The Hall–Kier alpha value is -2.70. The van der Waals surface area contributed by atoms with E-state index in [9.17, 15) is 9.59 Å². The predicted molar refractivity (Wildman–Crippen MR) is 84.0 cm³/mol. The summed E-state index contributed by atoms with van der Waals surface area (Å²) in [6.07, 6.45) is 2.14. The van der Waals surface area contributed by atoms with Crippen molar-refractivity contribution in [1.29, 1.82) is 0 Å². The van der Waals surface area contributed by atoms with Crippen molar-refractivity contribution in [2.45, 2.75) is 13.3 Å². The van der Waals surface area contributed by atoms with E-state index in [1.54, 1.807) is 6.08 Å². The van der Waals surface area contributed by atoms with Crippen LogP contribution < -0.4 is 19.5 Å². The second-order valence-corrected chi connectivity index (χ2v) is 4.39. The van der Waals surface area contributed by atoms with Gasteiger partial charge in [-0.05, 0) is 18.6 Å². The maximum absolute atomic E-state index is 12.4. The maximum Gasteiger partial charge on any atom is 0.354 e. The van der Waals surface area contributed by atoms with Crippen molar-refractivity contribution in [3.05, 3.63) is 29.5 Å². The Labute approximate surface area is 135 Å². The lowest BCUT2D eigenvalue weighted by molar-refractivity contribution is -0.136. The Bertz CT molecular complexity index is 584. The summed E-state index contributed by atoms with van der Waals surface area (Å²) in [5, 5.41) is 2.52. The van der Waals surface area contributed by atoms with Crippen LogP contribution in [-0.2, 0) is 9.53 Å². The number of methoxy groups -OCH3 is 4. The van der Waals surface area contributed by atoms with Crippen LogP contribution in [0.2, 0.25) is 0 Å². The fourth-order valence-electron chi connectivity index (χ4n) is 1.91. The molecule has 0 saturated heterocycles. The molecule has 7 nitrogen and oxygen atoms in total. The summed E-state index contributed by atoms with van der Waals surface area (Å²) in [4.78, 5) is 24.0. The molecule has 1 aromatic rings. The molecule has 0 saturated carbocycles. The van der Waals surface area contributed by atoms with Crippen LogP contribution in [0, 0.1) is 0 Å². The van der Waals surface area contributed by atoms with E-state index in [0.29, 0.717) is 23.7 Å². The molecular weight excluding hydrogens is 302 g/mol. The minimum atomic E-state index is -0.618. The minimum absolute atomic E-state index is 0.0775. The summed E-state index contributed by atoms with van der Waals surface area (Å²) in [5.41, 5.74) is 0.333. The topological polar surface area (TPSA) is 83.1 Å². The fourth-order valence-corrected chi connectivity index (χ4v) is 1.91. The van der Waals surface area contributed by atoms with Gasteiger partial charge in [0, 0.05) is 5.56 Å². The number of benzene rings is 1. The van der Waals surface area contributed by atoms with Gasteiger partial charge in [0.15, 0.2) is 11.5 Å². The highest BCUT2D eigenvalue weighted by Gasteiger charge is 2.19. The molecule has 1 N–H and O–H groups in total. The zero-order chi connectivity index (χ0) is 17.4. The van der Waals surface area contributed by atoms with Crippen molar-refractivity contribution >= 4 is 11.9 Å². The van der Waals surface area contributed by atoms with Gasteiger partial charge in [-0.1, -0.05) is 13.0 Å². The molecule has 0 spiro atoms. The first-order chi connectivity index (χ1) is 11.0. The largest absolute Gasteiger partial charge is 0.493 e. The first kappa shape index (κ1) is 18.3. The van der Waals surface area contributed by atoms with Crippen molar-refractivity contribution < 1.29 is 28.5 Å². The monoisotopic (exact) mass is 323 g/mol. The van der Waals surface area contributed by atoms with Gasteiger partial charge < -0.3 is 24.3 Å². The van der Waals surface area contributed by atoms with Crippen LogP contribution >= 0.6 is 0 Å². The van der Waals surface area contributed by atoms with Gasteiger partial charge in [0.25, 0.3) is 5.91 Å². The van der Waals surface area contributed by atoms with Gasteiger partial charge in [-0.3, -0.25) is 4.79 Å². The molecule has 23 heavy (non-hydrogen) atoms. The van der Waals surface area contributed by atoms with E-state index in [1.165, 1.54) is 40.6 Å². The van der Waals surface area contributed by atoms with Crippen molar-refractivity contribution in [1.82, 2.24) is 5.32 Å². The molecule has 0 atom stereocenters. The summed E-state index contributed by atoms with van der Waals surface area (Å²) in [5.74, 6) is -0.0435. The van der Waals surface area contributed by atoms with Crippen LogP contribution in [-0.4, -0.2) is 40.3 Å². The molecule has 0 bridgehead atoms. The summed E-state index contributed by atoms with van der Waals surface area (Å²) in [6.45, 7) is 1.84. The fraction of sp³-hybridized carbons (Fsp3) is 0.375. The van der Waals surface area contributed by atoms with Crippen LogP contribution in [0.25, 0.3) is 0 Å². The average molecular weight is 323 g/mol. The van der Waals surface area contributed by atoms with Crippen LogP contribution in [0.3, 0.4) is 0 Å². The lowest BCUT2D eigenvalue weighted by Gasteiger charge is -2.14. The van der Waals surface area contributed by atoms with Crippen molar-refractivity contribution in [3.63, 3.8) is 0 Å². The standard InChI is InChI=1S/C16H21NO6/c1-6-7-11(16(19)23-5)17-15(18)10-8-12(20-2)14(22-4)13(9-10)21-3/h7-9H,6H2,1-5H3,(H,17,18)/b11-7-. The first-order valence-corrected chi connectivity index (χ1v) is 6.92. The summed E-state index contributed by atoms with van der Waals surface area (Å²) in [7, 11) is 5.63. The number of esters is 1. The highest BCUT2D eigenvalue weighted by molar-refractivity contribution is 6.01. The van der Waals surface area contributed by atoms with Crippen molar-refractivity contribution in [2.24, 2.45) is 0 Å². The Morgan fingerprint density at radius 2 is 1.61 bits per heavy atom. The third kappa shape index (κ3) is 4.38. The van der Waals surface area contributed by atoms with Gasteiger partial charge in [-0.2, -0.15) is 0 Å². The molecule has 0 unspecified atom stereocenters. The van der Waals surface area contributed by atoms with Crippen molar-refractivity contribution in [3.8, 4) is 17.2 Å². The van der Waals surface area contributed by atoms with E-state index in [-0.39, 0.29) is 11.3 Å². The molecule has 1 amide bonds. The highest BCUT2D eigenvalue weighted by atomic mass is 16.5. The van der Waals surface area contributed by atoms with Gasteiger partial charge in [0.1, 0.15) is 5.70 Å². The van der Waals surface area contributed by atoms with Gasteiger partial charge in [0.05, 0.1) is 28.4 Å². The molecular formula is C16H21NO6. The number of hydrogen-bond donors (Lipinski definition) is 1.